The Kier molecular flexibility index (Phi) is 4.35. The van der Waals surface area contributed by atoms with Crippen LogP contribution in [0, 0.1) is 17.5 Å². The van der Waals surface area contributed by atoms with Crippen LogP contribution in [0.15, 0.2) is 34.8 Å². The quantitative estimate of drug-likeness (QED) is 0.914. The Labute approximate surface area is 122 Å². The van der Waals surface area contributed by atoms with Gasteiger partial charge in [-0.15, -0.1) is 0 Å². The molecule has 0 aliphatic rings. The number of hydrogen-bond acceptors (Lipinski definition) is 2. The highest BCUT2D eigenvalue weighted by atomic mass is 79.9. The molecule has 0 aliphatic carbocycles. The molecule has 0 aliphatic heterocycles. The zero-order chi connectivity index (χ0) is 14.9. The minimum Gasteiger partial charge on any atom is -0.494 e. The van der Waals surface area contributed by atoms with Crippen molar-refractivity contribution in [1.29, 1.82) is 0 Å². The van der Waals surface area contributed by atoms with Gasteiger partial charge in [-0.25, -0.2) is 13.2 Å². The van der Waals surface area contributed by atoms with Gasteiger partial charge in [0.1, 0.15) is 11.6 Å². The van der Waals surface area contributed by atoms with Crippen molar-refractivity contribution in [3.63, 3.8) is 0 Å². The summed E-state index contributed by atoms with van der Waals surface area (Å²) in [4.78, 5) is 0. The van der Waals surface area contributed by atoms with Gasteiger partial charge in [-0.3, -0.25) is 0 Å². The third-order valence-electron chi connectivity index (χ3n) is 2.89. The molecule has 6 heteroatoms. The second-order valence-corrected chi connectivity index (χ2v) is 5.07. The van der Waals surface area contributed by atoms with Crippen molar-refractivity contribution in [2.24, 2.45) is 5.73 Å². The highest BCUT2D eigenvalue weighted by Gasteiger charge is 2.20. The van der Waals surface area contributed by atoms with Crippen molar-refractivity contribution in [3.8, 4) is 5.75 Å². The van der Waals surface area contributed by atoms with Gasteiger partial charge in [0, 0.05) is 10.0 Å². The molecule has 106 valence electrons. The van der Waals surface area contributed by atoms with Crippen molar-refractivity contribution >= 4 is 15.9 Å². The van der Waals surface area contributed by atoms with Crippen molar-refractivity contribution in [3.05, 3.63) is 63.4 Å². The van der Waals surface area contributed by atoms with E-state index in [0.29, 0.717) is 0 Å². The SMILES string of the molecule is COc1ccc(C(N)c2c(F)cc(Br)cc2F)cc1F. The van der Waals surface area contributed by atoms with E-state index < -0.39 is 23.5 Å². The average Bonchev–Trinajstić information content (AvgIpc) is 2.37. The van der Waals surface area contributed by atoms with Crippen LogP contribution in [-0.2, 0) is 0 Å². The summed E-state index contributed by atoms with van der Waals surface area (Å²) in [7, 11) is 1.33. The van der Waals surface area contributed by atoms with Crippen molar-refractivity contribution in [1.82, 2.24) is 0 Å². The topological polar surface area (TPSA) is 35.2 Å². The van der Waals surface area contributed by atoms with Gasteiger partial charge in [-0.2, -0.15) is 0 Å². The van der Waals surface area contributed by atoms with Crippen LogP contribution in [0.4, 0.5) is 13.2 Å². The summed E-state index contributed by atoms with van der Waals surface area (Å²) in [5.74, 6) is -2.18. The van der Waals surface area contributed by atoms with Crippen molar-refractivity contribution in [2.75, 3.05) is 7.11 Å². The molecular formula is C14H11BrF3NO. The van der Waals surface area contributed by atoms with Crippen LogP contribution in [0.2, 0.25) is 0 Å². The number of halogens is 4. The van der Waals surface area contributed by atoms with Crippen LogP contribution in [0.3, 0.4) is 0 Å². The lowest BCUT2D eigenvalue weighted by Gasteiger charge is -2.15. The highest BCUT2D eigenvalue weighted by molar-refractivity contribution is 9.10. The Hall–Kier alpha value is -1.53. The second kappa shape index (κ2) is 5.85. The molecule has 0 fully saturated rings. The van der Waals surface area contributed by atoms with Crippen LogP contribution >= 0.6 is 15.9 Å². The monoisotopic (exact) mass is 345 g/mol. The Balaban J connectivity index is 2.46. The molecule has 0 spiro atoms. The van der Waals surface area contributed by atoms with Crippen LogP contribution in [0.25, 0.3) is 0 Å². The first-order valence-corrected chi connectivity index (χ1v) is 6.46. The Morgan fingerprint density at radius 1 is 1.05 bits per heavy atom. The van der Waals surface area contributed by atoms with E-state index in [4.69, 9.17) is 10.5 Å². The summed E-state index contributed by atoms with van der Waals surface area (Å²) < 4.78 is 46.3. The summed E-state index contributed by atoms with van der Waals surface area (Å²) in [5.41, 5.74) is 5.77. The fourth-order valence-electron chi connectivity index (χ4n) is 1.89. The second-order valence-electron chi connectivity index (χ2n) is 4.15. The minimum atomic E-state index is -1.11. The lowest BCUT2D eigenvalue weighted by atomic mass is 9.98. The summed E-state index contributed by atoms with van der Waals surface area (Å²) >= 11 is 2.99. The van der Waals surface area contributed by atoms with E-state index in [1.165, 1.54) is 19.2 Å². The van der Waals surface area contributed by atoms with Gasteiger partial charge >= 0.3 is 0 Å². The molecule has 20 heavy (non-hydrogen) atoms. The molecule has 0 amide bonds. The summed E-state index contributed by atoms with van der Waals surface area (Å²) in [6.45, 7) is 0. The van der Waals surface area contributed by atoms with Crippen molar-refractivity contribution in [2.45, 2.75) is 6.04 Å². The fraction of sp³-hybridized carbons (Fsp3) is 0.143. The normalized spacial score (nSPS) is 12.3. The molecular weight excluding hydrogens is 335 g/mol. The predicted molar refractivity (Wildman–Crippen MR) is 73.0 cm³/mol. The molecule has 2 aromatic carbocycles. The first kappa shape index (κ1) is 14.9. The van der Waals surface area contributed by atoms with Gasteiger partial charge in [0.2, 0.25) is 0 Å². The van der Waals surface area contributed by atoms with Gasteiger partial charge in [-0.1, -0.05) is 22.0 Å². The first-order valence-electron chi connectivity index (χ1n) is 5.67. The van der Waals surface area contributed by atoms with Gasteiger partial charge in [0.05, 0.1) is 13.2 Å². The van der Waals surface area contributed by atoms with Crippen LogP contribution in [0.5, 0.6) is 5.75 Å². The zero-order valence-corrected chi connectivity index (χ0v) is 12.0. The molecule has 0 saturated heterocycles. The van der Waals surface area contributed by atoms with Crippen LogP contribution in [-0.4, -0.2) is 7.11 Å². The van der Waals surface area contributed by atoms with E-state index in [-0.39, 0.29) is 21.3 Å². The van der Waals surface area contributed by atoms with Gasteiger partial charge in [0.25, 0.3) is 0 Å². The van der Waals surface area contributed by atoms with Gasteiger partial charge in [-0.05, 0) is 29.8 Å². The third kappa shape index (κ3) is 2.81. The molecule has 2 aromatic rings. The lowest BCUT2D eigenvalue weighted by molar-refractivity contribution is 0.386. The maximum atomic E-state index is 13.8. The molecule has 0 radical (unpaired) electrons. The molecule has 0 bridgehead atoms. The van der Waals surface area contributed by atoms with Crippen LogP contribution in [0.1, 0.15) is 17.2 Å². The highest BCUT2D eigenvalue weighted by Crippen LogP contribution is 2.29. The van der Waals surface area contributed by atoms with Crippen LogP contribution < -0.4 is 10.5 Å². The molecule has 0 aromatic heterocycles. The minimum absolute atomic E-state index is 0.0395. The maximum absolute atomic E-state index is 13.8. The fourth-order valence-corrected chi connectivity index (χ4v) is 2.30. The standard InChI is InChI=1S/C14H11BrF3NO/c1-20-12-3-2-7(4-9(12)16)14(19)13-10(17)5-8(15)6-11(13)18/h2-6,14H,19H2,1H3. The Morgan fingerprint density at radius 3 is 2.15 bits per heavy atom. The Bertz CT molecular complexity index is 625. The largest absolute Gasteiger partial charge is 0.494 e. The summed E-state index contributed by atoms with van der Waals surface area (Å²) in [6.07, 6.45) is 0. The average molecular weight is 346 g/mol. The predicted octanol–water partition coefficient (Wildman–Crippen LogP) is 3.92. The molecule has 1 unspecified atom stereocenters. The maximum Gasteiger partial charge on any atom is 0.165 e. The number of nitrogens with two attached hydrogens (primary N) is 1. The van der Waals surface area contributed by atoms with E-state index in [1.54, 1.807) is 0 Å². The smallest absolute Gasteiger partial charge is 0.165 e. The van der Waals surface area contributed by atoms with Gasteiger partial charge in [0.15, 0.2) is 11.6 Å². The number of hydrogen-bond donors (Lipinski definition) is 1. The van der Waals surface area contributed by atoms with E-state index in [1.807, 2.05) is 0 Å². The third-order valence-corrected chi connectivity index (χ3v) is 3.35. The van der Waals surface area contributed by atoms with E-state index in [2.05, 4.69) is 15.9 Å². The first-order chi connectivity index (χ1) is 9.43. The van der Waals surface area contributed by atoms with E-state index >= 15 is 0 Å². The number of ether oxygens (including phenoxy) is 1. The number of benzene rings is 2. The number of rotatable bonds is 3. The lowest BCUT2D eigenvalue weighted by Crippen LogP contribution is -2.16. The molecule has 2 rings (SSSR count). The van der Waals surface area contributed by atoms with Crippen molar-refractivity contribution < 1.29 is 17.9 Å². The molecule has 0 saturated carbocycles. The van der Waals surface area contributed by atoms with E-state index in [0.717, 1.165) is 18.2 Å². The zero-order valence-electron chi connectivity index (χ0n) is 10.5. The Morgan fingerprint density at radius 2 is 1.65 bits per heavy atom. The summed E-state index contributed by atoms with van der Waals surface area (Å²) in [6, 6.07) is 5.04. The molecule has 1 atom stereocenters. The molecule has 2 N–H and O–H groups in total. The number of methoxy groups -OCH3 is 1. The summed E-state index contributed by atoms with van der Waals surface area (Å²) in [5, 5.41) is 0. The molecule has 0 heterocycles. The molecule has 2 nitrogen and oxygen atoms in total. The van der Waals surface area contributed by atoms with Gasteiger partial charge < -0.3 is 10.5 Å². The van der Waals surface area contributed by atoms with E-state index in [9.17, 15) is 13.2 Å².